The Morgan fingerprint density at radius 1 is 1.29 bits per heavy atom. The smallest absolute Gasteiger partial charge is 0.230 e. The molecule has 2 rings (SSSR count). The van der Waals surface area contributed by atoms with E-state index in [1.165, 1.54) is 0 Å². The minimum Gasteiger partial charge on any atom is -0.389 e. The van der Waals surface area contributed by atoms with Crippen molar-refractivity contribution in [3.05, 3.63) is 52.9 Å². The first-order chi connectivity index (χ1) is 11.2. The fourth-order valence-electron chi connectivity index (χ4n) is 2.99. The first kappa shape index (κ1) is 18.2. The highest BCUT2D eigenvalue weighted by atomic mass is 16.5. The van der Waals surface area contributed by atoms with Crippen LogP contribution in [0.1, 0.15) is 49.3 Å². The molecule has 2 aromatic rings. The van der Waals surface area contributed by atoms with Gasteiger partial charge in [0.1, 0.15) is 5.76 Å². The van der Waals surface area contributed by atoms with Crippen LogP contribution in [0.5, 0.6) is 0 Å². The highest BCUT2D eigenvalue weighted by Crippen LogP contribution is 2.26. The van der Waals surface area contributed by atoms with Gasteiger partial charge in [-0.15, -0.1) is 0 Å². The average molecular weight is 330 g/mol. The highest BCUT2D eigenvalue weighted by Gasteiger charge is 2.30. The summed E-state index contributed by atoms with van der Waals surface area (Å²) in [6.07, 6.45) is 0. The van der Waals surface area contributed by atoms with Crippen molar-refractivity contribution >= 4 is 5.91 Å². The van der Waals surface area contributed by atoms with E-state index in [-0.39, 0.29) is 18.4 Å². The summed E-state index contributed by atoms with van der Waals surface area (Å²) < 4.78 is 5.20. The molecule has 1 amide bonds. The molecule has 24 heavy (non-hydrogen) atoms. The van der Waals surface area contributed by atoms with Gasteiger partial charge in [-0.25, -0.2) is 0 Å². The lowest BCUT2D eigenvalue weighted by Crippen LogP contribution is -2.43. The summed E-state index contributed by atoms with van der Waals surface area (Å²) in [5.74, 6) is 0.244. The monoisotopic (exact) mass is 330 g/mol. The summed E-state index contributed by atoms with van der Waals surface area (Å²) in [6, 6.07) is 9.79. The Kier molecular flexibility index (Phi) is 5.44. The normalized spacial score (nSPS) is 12.9. The summed E-state index contributed by atoms with van der Waals surface area (Å²) >= 11 is 0. The molecule has 130 valence electrons. The summed E-state index contributed by atoms with van der Waals surface area (Å²) in [5.41, 5.74) is 1.62. The number of aryl methyl sites for hydroxylation is 2. The first-order valence-electron chi connectivity index (χ1n) is 8.17. The maximum atomic E-state index is 13.1. The third-order valence-corrected chi connectivity index (χ3v) is 4.00. The van der Waals surface area contributed by atoms with E-state index in [0.717, 1.165) is 16.8 Å². The minimum atomic E-state index is -0.969. The van der Waals surface area contributed by atoms with E-state index >= 15 is 0 Å². The van der Waals surface area contributed by atoms with Gasteiger partial charge in [0.15, 0.2) is 0 Å². The SMILES string of the molecule is Cc1noc(C)c1C(C)C(=O)N(Cc1ccccc1)CC(C)(C)O. The maximum absolute atomic E-state index is 13.1. The van der Waals surface area contributed by atoms with E-state index in [0.29, 0.717) is 12.3 Å². The van der Waals surface area contributed by atoms with Crippen molar-refractivity contribution in [1.29, 1.82) is 0 Å². The second kappa shape index (κ2) is 7.18. The van der Waals surface area contributed by atoms with Crippen molar-refractivity contribution in [2.45, 2.75) is 52.7 Å². The fraction of sp³-hybridized carbons (Fsp3) is 0.474. The van der Waals surface area contributed by atoms with E-state index in [1.807, 2.05) is 51.1 Å². The van der Waals surface area contributed by atoms with E-state index < -0.39 is 5.60 Å². The molecule has 1 unspecified atom stereocenters. The number of aromatic nitrogens is 1. The third kappa shape index (κ3) is 4.45. The molecule has 0 aliphatic heterocycles. The Bertz CT molecular complexity index is 667. The van der Waals surface area contributed by atoms with Gasteiger partial charge in [0.05, 0.1) is 17.2 Å². The zero-order valence-electron chi connectivity index (χ0n) is 15.0. The van der Waals surface area contributed by atoms with Gasteiger partial charge in [0.25, 0.3) is 0 Å². The van der Waals surface area contributed by atoms with Crippen LogP contribution in [0.2, 0.25) is 0 Å². The van der Waals surface area contributed by atoms with Gasteiger partial charge in [0.2, 0.25) is 5.91 Å². The van der Waals surface area contributed by atoms with E-state index in [4.69, 9.17) is 4.52 Å². The summed E-state index contributed by atoms with van der Waals surface area (Å²) in [6.45, 7) is 9.64. The van der Waals surface area contributed by atoms with E-state index in [1.54, 1.807) is 18.7 Å². The fourth-order valence-corrected chi connectivity index (χ4v) is 2.99. The molecule has 0 aliphatic rings. The van der Waals surface area contributed by atoms with Crippen molar-refractivity contribution in [3.8, 4) is 0 Å². The standard InChI is InChI=1S/C19H26N2O3/c1-13(17-14(2)20-24-15(17)3)18(22)21(12-19(4,5)23)11-16-9-7-6-8-10-16/h6-10,13,23H,11-12H2,1-5H3. The number of hydrogen-bond acceptors (Lipinski definition) is 4. The van der Waals surface area contributed by atoms with Gasteiger partial charge in [-0.3, -0.25) is 4.79 Å². The minimum absolute atomic E-state index is 0.0459. The quantitative estimate of drug-likeness (QED) is 0.883. The Labute approximate surface area is 143 Å². The number of rotatable bonds is 6. The van der Waals surface area contributed by atoms with Gasteiger partial charge in [-0.2, -0.15) is 0 Å². The number of benzene rings is 1. The Morgan fingerprint density at radius 2 is 1.92 bits per heavy atom. The van der Waals surface area contributed by atoms with Crippen LogP contribution in [0.3, 0.4) is 0 Å². The van der Waals surface area contributed by atoms with Crippen molar-refractivity contribution in [1.82, 2.24) is 10.1 Å². The second-order valence-corrected chi connectivity index (χ2v) is 6.95. The predicted molar refractivity (Wildman–Crippen MR) is 92.5 cm³/mol. The molecule has 0 spiro atoms. The predicted octanol–water partition coefficient (Wildman–Crippen LogP) is 3.19. The number of carbonyl (C=O) groups is 1. The van der Waals surface area contributed by atoms with Crippen molar-refractivity contribution in [3.63, 3.8) is 0 Å². The molecule has 0 saturated carbocycles. The van der Waals surface area contributed by atoms with Crippen molar-refractivity contribution < 1.29 is 14.4 Å². The summed E-state index contributed by atoms with van der Waals surface area (Å²) in [7, 11) is 0. The van der Waals surface area contributed by atoms with Gasteiger partial charge in [-0.1, -0.05) is 35.5 Å². The lowest BCUT2D eigenvalue weighted by molar-refractivity contribution is -0.136. The molecule has 5 nitrogen and oxygen atoms in total. The number of amides is 1. The van der Waals surface area contributed by atoms with Gasteiger partial charge >= 0.3 is 0 Å². The molecule has 0 saturated heterocycles. The first-order valence-corrected chi connectivity index (χ1v) is 8.17. The zero-order chi connectivity index (χ0) is 17.9. The van der Waals surface area contributed by atoms with Crippen LogP contribution in [-0.4, -0.2) is 33.2 Å². The molecule has 0 fully saturated rings. The molecule has 0 aliphatic carbocycles. The van der Waals surface area contributed by atoms with Crippen LogP contribution in [0.4, 0.5) is 0 Å². The molecule has 1 N–H and O–H groups in total. The zero-order valence-corrected chi connectivity index (χ0v) is 15.0. The van der Waals surface area contributed by atoms with Crippen LogP contribution in [-0.2, 0) is 11.3 Å². The van der Waals surface area contributed by atoms with Gasteiger partial charge < -0.3 is 14.5 Å². The van der Waals surface area contributed by atoms with E-state index in [9.17, 15) is 9.90 Å². The average Bonchev–Trinajstić information content (AvgIpc) is 2.84. The van der Waals surface area contributed by atoms with Gasteiger partial charge in [0, 0.05) is 18.7 Å². The Hall–Kier alpha value is -2.14. The molecular weight excluding hydrogens is 304 g/mol. The van der Waals surface area contributed by atoms with Crippen LogP contribution >= 0.6 is 0 Å². The summed E-state index contributed by atoms with van der Waals surface area (Å²) in [5, 5.41) is 14.2. The second-order valence-electron chi connectivity index (χ2n) is 6.95. The highest BCUT2D eigenvalue weighted by molar-refractivity contribution is 5.84. The topological polar surface area (TPSA) is 66.6 Å². The Morgan fingerprint density at radius 3 is 2.42 bits per heavy atom. The molecule has 1 atom stereocenters. The Balaban J connectivity index is 2.27. The lowest BCUT2D eigenvalue weighted by atomic mass is 9.97. The van der Waals surface area contributed by atoms with Crippen molar-refractivity contribution in [2.24, 2.45) is 0 Å². The summed E-state index contributed by atoms with van der Waals surface area (Å²) in [4.78, 5) is 14.8. The molecule has 0 radical (unpaired) electrons. The molecular formula is C19H26N2O3. The molecule has 1 heterocycles. The third-order valence-electron chi connectivity index (χ3n) is 4.00. The van der Waals surface area contributed by atoms with Crippen molar-refractivity contribution in [2.75, 3.05) is 6.54 Å². The number of nitrogens with zero attached hydrogens (tertiary/aromatic N) is 2. The van der Waals surface area contributed by atoms with Crippen LogP contribution in [0.25, 0.3) is 0 Å². The number of hydrogen-bond donors (Lipinski definition) is 1. The van der Waals surface area contributed by atoms with E-state index in [2.05, 4.69) is 5.16 Å². The lowest BCUT2D eigenvalue weighted by Gasteiger charge is -2.31. The number of aliphatic hydroxyl groups is 1. The molecule has 0 bridgehead atoms. The van der Waals surface area contributed by atoms with Gasteiger partial charge in [-0.05, 0) is 40.2 Å². The molecule has 1 aromatic heterocycles. The molecule has 1 aromatic carbocycles. The van der Waals surface area contributed by atoms with Crippen LogP contribution < -0.4 is 0 Å². The van der Waals surface area contributed by atoms with Crippen LogP contribution in [0.15, 0.2) is 34.9 Å². The molecule has 5 heteroatoms. The largest absolute Gasteiger partial charge is 0.389 e. The number of carbonyl (C=O) groups excluding carboxylic acids is 1. The maximum Gasteiger partial charge on any atom is 0.230 e. The van der Waals surface area contributed by atoms with Crippen LogP contribution in [0, 0.1) is 13.8 Å².